The van der Waals surface area contributed by atoms with E-state index in [9.17, 15) is 9.00 Å². The molecule has 3 nitrogen and oxygen atoms in total. The summed E-state index contributed by atoms with van der Waals surface area (Å²) < 4.78 is 11.5. The highest BCUT2D eigenvalue weighted by molar-refractivity contribution is 7.84. The van der Waals surface area contributed by atoms with Gasteiger partial charge in [0.2, 0.25) is 0 Å². The summed E-state index contributed by atoms with van der Waals surface area (Å²) in [5.74, 6) is -0.136. The number of hydrogen-bond donors (Lipinski definition) is 1. The molecule has 132 valence electrons. The molecule has 26 heavy (non-hydrogen) atoms. The molecule has 4 heteroatoms. The van der Waals surface area contributed by atoms with E-state index in [4.69, 9.17) is 0 Å². The molecule has 0 spiro atoms. The Bertz CT molecular complexity index is 877. The van der Waals surface area contributed by atoms with Gasteiger partial charge in [-0.25, -0.2) is 0 Å². The molecule has 3 aromatic carbocycles. The van der Waals surface area contributed by atoms with Gasteiger partial charge in [-0.05, 0) is 41.8 Å². The fourth-order valence-corrected chi connectivity index (χ4v) is 3.35. The van der Waals surface area contributed by atoms with Gasteiger partial charge in [-0.2, -0.15) is 0 Å². The average Bonchev–Trinajstić information content (AvgIpc) is 2.69. The second kappa shape index (κ2) is 8.59. The predicted octanol–water partition coefficient (Wildman–Crippen LogP) is 4.14. The first-order chi connectivity index (χ1) is 12.6. The van der Waals surface area contributed by atoms with Gasteiger partial charge in [0.15, 0.2) is 0 Å². The van der Waals surface area contributed by atoms with Crippen molar-refractivity contribution in [2.45, 2.75) is 17.4 Å². The zero-order chi connectivity index (χ0) is 18.4. The van der Waals surface area contributed by atoms with Crippen LogP contribution in [0.3, 0.4) is 0 Å². The molecule has 3 aromatic rings. The quantitative estimate of drug-likeness (QED) is 0.715. The summed E-state index contributed by atoms with van der Waals surface area (Å²) in [6, 6.07) is 26.9. The summed E-state index contributed by atoms with van der Waals surface area (Å²) in [5.41, 5.74) is 2.79. The molecule has 0 saturated carbocycles. The number of amides is 1. The van der Waals surface area contributed by atoms with Crippen LogP contribution in [-0.2, 0) is 17.2 Å². The molecule has 1 N–H and O–H groups in total. The van der Waals surface area contributed by atoms with Gasteiger partial charge in [0.25, 0.3) is 5.91 Å². The largest absolute Gasteiger partial charge is 0.345 e. The first-order valence-electron chi connectivity index (χ1n) is 8.47. The summed E-state index contributed by atoms with van der Waals surface area (Å²) >= 11 is 0. The molecule has 3 rings (SSSR count). The Kier molecular flexibility index (Phi) is 5.97. The lowest BCUT2D eigenvalue weighted by Gasteiger charge is -2.20. The van der Waals surface area contributed by atoms with Gasteiger partial charge >= 0.3 is 0 Å². The van der Waals surface area contributed by atoms with E-state index < -0.39 is 10.8 Å². The van der Waals surface area contributed by atoms with Crippen LogP contribution in [0.1, 0.15) is 27.5 Å². The van der Waals surface area contributed by atoms with E-state index in [1.807, 2.05) is 48.5 Å². The van der Waals surface area contributed by atoms with Crippen LogP contribution in [0, 0.1) is 0 Å². The lowest BCUT2D eigenvalue weighted by atomic mass is 9.98. The molecular formula is C22H21NO2S. The highest BCUT2D eigenvalue weighted by Gasteiger charge is 2.16. The van der Waals surface area contributed by atoms with Gasteiger partial charge in [0, 0.05) is 27.5 Å². The van der Waals surface area contributed by atoms with Gasteiger partial charge in [-0.3, -0.25) is 9.00 Å². The van der Waals surface area contributed by atoms with Crippen LogP contribution < -0.4 is 5.32 Å². The maximum atomic E-state index is 12.7. The zero-order valence-electron chi connectivity index (χ0n) is 14.6. The fourth-order valence-electron chi connectivity index (χ4n) is 2.83. The van der Waals surface area contributed by atoms with E-state index in [1.54, 1.807) is 30.5 Å². The third-order valence-electron chi connectivity index (χ3n) is 4.24. The first-order valence-corrected chi connectivity index (χ1v) is 10.0. The molecule has 0 radical (unpaired) electrons. The standard InChI is InChI=1S/C22H21NO2S/c1-26(25)20-14-12-19(13-15-20)22(24)23-21(18-10-6-3-7-11-18)16-17-8-4-2-5-9-17/h2-15,21H,16H2,1H3,(H,23,24). The second-order valence-corrected chi connectivity index (χ2v) is 7.48. The van der Waals surface area contributed by atoms with Crippen LogP contribution in [0.2, 0.25) is 0 Å². The van der Waals surface area contributed by atoms with E-state index >= 15 is 0 Å². The summed E-state index contributed by atoms with van der Waals surface area (Å²) in [6.07, 6.45) is 2.34. The van der Waals surface area contributed by atoms with E-state index in [0.717, 1.165) is 5.56 Å². The van der Waals surface area contributed by atoms with Crippen molar-refractivity contribution in [3.8, 4) is 0 Å². The maximum absolute atomic E-state index is 12.7. The summed E-state index contributed by atoms with van der Waals surface area (Å²) in [7, 11) is -1.05. The van der Waals surface area contributed by atoms with Crippen LogP contribution in [0.15, 0.2) is 89.8 Å². The molecule has 1 amide bonds. The Morgan fingerprint density at radius 2 is 1.46 bits per heavy atom. The molecule has 0 fully saturated rings. The number of carbonyl (C=O) groups excluding carboxylic acids is 1. The van der Waals surface area contributed by atoms with Crippen LogP contribution in [0.5, 0.6) is 0 Å². The van der Waals surface area contributed by atoms with Gasteiger partial charge in [0.1, 0.15) is 0 Å². The van der Waals surface area contributed by atoms with E-state index in [1.165, 1.54) is 5.56 Å². The van der Waals surface area contributed by atoms with E-state index in [-0.39, 0.29) is 11.9 Å². The maximum Gasteiger partial charge on any atom is 0.251 e. The second-order valence-electron chi connectivity index (χ2n) is 6.10. The lowest BCUT2D eigenvalue weighted by molar-refractivity contribution is 0.0936. The van der Waals surface area contributed by atoms with Crippen molar-refractivity contribution in [3.63, 3.8) is 0 Å². The van der Waals surface area contributed by atoms with Crippen molar-refractivity contribution < 1.29 is 9.00 Å². The molecule has 0 bridgehead atoms. The van der Waals surface area contributed by atoms with Crippen LogP contribution in [0.25, 0.3) is 0 Å². The minimum atomic E-state index is -1.05. The molecule has 2 atom stereocenters. The molecule has 0 aliphatic rings. The number of rotatable bonds is 6. The average molecular weight is 363 g/mol. The predicted molar refractivity (Wildman–Crippen MR) is 106 cm³/mol. The molecule has 0 aromatic heterocycles. The Labute approximate surface area is 156 Å². The van der Waals surface area contributed by atoms with Crippen molar-refractivity contribution in [1.29, 1.82) is 0 Å². The van der Waals surface area contributed by atoms with Crippen molar-refractivity contribution >= 4 is 16.7 Å². The van der Waals surface area contributed by atoms with Gasteiger partial charge < -0.3 is 5.32 Å². The van der Waals surface area contributed by atoms with Crippen molar-refractivity contribution in [2.75, 3.05) is 6.26 Å². The van der Waals surface area contributed by atoms with Gasteiger partial charge in [-0.1, -0.05) is 60.7 Å². The van der Waals surface area contributed by atoms with Crippen molar-refractivity contribution in [2.24, 2.45) is 0 Å². The monoisotopic (exact) mass is 363 g/mol. The van der Waals surface area contributed by atoms with Gasteiger partial charge in [0.05, 0.1) is 6.04 Å². The Hall–Kier alpha value is -2.72. The third-order valence-corrected chi connectivity index (χ3v) is 5.17. The SMILES string of the molecule is CS(=O)c1ccc(C(=O)NC(Cc2ccccc2)c2ccccc2)cc1. The third kappa shape index (κ3) is 4.67. The molecule has 0 saturated heterocycles. The highest BCUT2D eigenvalue weighted by atomic mass is 32.2. The minimum absolute atomic E-state index is 0.119. The Morgan fingerprint density at radius 1 is 0.885 bits per heavy atom. The van der Waals surface area contributed by atoms with Crippen LogP contribution >= 0.6 is 0 Å². The Morgan fingerprint density at radius 3 is 2.04 bits per heavy atom. The Balaban J connectivity index is 1.80. The number of benzene rings is 3. The molecular weight excluding hydrogens is 342 g/mol. The summed E-state index contributed by atoms with van der Waals surface area (Å²) in [6.45, 7) is 0. The van der Waals surface area contributed by atoms with E-state index in [0.29, 0.717) is 16.9 Å². The van der Waals surface area contributed by atoms with E-state index in [2.05, 4.69) is 17.4 Å². The fraction of sp³-hybridized carbons (Fsp3) is 0.136. The minimum Gasteiger partial charge on any atom is -0.345 e. The molecule has 0 heterocycles. The van der Waals surface area contributed by atoms with Gasteiger partial charge in [-0.15, -0.1) is 0 Å². The summed E-state index contributed by atoms with van der Waals surface area (Å²) in [4.78, 5) is 13.4. The lowest BCUT2D eigenvalue weighted by Crippen LogP contribution is -2.30. The van der Waals surface area contributed by atoms with Crippen molar-refractivity contribution in [3.05, 3.63) is 102 Å². The normalized spacial score (nSPS) is 13.0. The number of nitrogens with one attached hydrogen (secondary N) is 1. The van der Waals surface area contributed by atoms with Crippen LogP contribution in [-0.4, -0.2) is 16.4 Å². The summed E-state index contributed by atoms with van der Waals surface area (Å²) in [5, 5.41) is 3.13. The number of carbonyl (C=O) groups is 1. The first kappa shape index (κ1) is 18.1. The smallest absolute Gasteiger partial charge is 0.251 e. The topological polar surface area (TPSA) is 46.2 Å². The van der Waals surface area contributed by atoms with Crippen LogP contribution in [0.4, 0.5) is 0 Å². The highest BCUT2D eigenvalue weighted by Crippen LogP contribution is 2.19. The molecule has 0 aliphatic carbocycles. The molecule has 2 unspecified atom stereocenters. The van der Waals surface area contributed by atoms with Crippen molar-refractivity contribution in [1.82, 2.24) is 5.32 Å². The number of hydrogen-bond acceptors (Lipinski definition) is 2. The zero-order valence-corrected chi connectivity index (χ0v) is 15.4. The molecule has 0 aliphatic heterocycles.